The van der Waals surface area contributed by atoms with Gasteiger partial charge < -0.3 is 15.6 Å². The molecule has 1 aromatic rings. The Hall–Kier alpha value is -1.76. The molecular formula is C10H12F2N2O3. The van der Waals surface area contributed by atoms with Crippen molar-refractivity contribution in [3.8, 4) is 5.75 Å². The molecule has 0 fully saturated rings. The van der Waals surface area contributed by atoms with Crippen LogP contribution in [0.1, 0.15) is 35.1 Å². The number of ether oxygens (including phenoxy) is 1. The van der Waals surface area contributed by atoms with Crippen LogP contribution in [0.4, 0.5) is 8.78 Å². The molecule has 0 amide bonds. The lowest BCUT2D eigenvalue weighted by Crippen LogP contribution is -2.12. The van der Waals surface area contributed by atoms with Gasteiger partial charge in [-0.1, -0.05) is 0 Å². The molecule has 1 heterocycles. The maximum absolute atomic E-state index is 12.6. The average Bonchev–Trinajstić information content (AvgIpc) is 2.29. The van der Waals surface area contributed by atoms with Gasteiger partial charge in [-0.25, -0.2) is 18.6 Å². The van der Waals surface area contributed by atoms with Crippen molar-refractivity contribution < 1.29 is 23.4 Å². The minimum absolute atomic E-state index is 0.101. The highest BCUT2D eigenvalue weighted by Gasteiger charge is 2.21. The molecule has 0 unspecified atom stereocenters. The molecule has 0 saturated heterocycles. The van der Waals surface area contributed by atoms with Gasteiger partial charge >= 0.3 is 5.97 Å². The molecule has 0 saturated carbocycles. The molecule has 17 heavy (non-hydrogen) atoms. The summed E-state index contributed by atoms with van der Waals surface area (Å²) in [6, 6.07) is 0.803. The molecule has 0 radical (unpaired) electrons. The molecule has 5 nitrogen and oxygen atoms in total. The third-order valence-electron chi connectivity index (χ3n) is 2.01. The summed E-state index contributed by atoms with van der Waals surface area (Å²) in [6.45, 7) is 1.43. The van der Waals surface area contributed by atoms with E-state index in [4.69, 9.17) is 5.73 Å². The number of rotatable bonds is 4. The zero-order chi connectivity index (χ0) is 13.0. The maximum atomic E-state index is 12.6. The largest absolute Gasteiger partial charge is 0.505 e. The molecule has 3 N–H and O–H groups in total. The minimum atomic E-state index is -2.92. The zero-order valence-corrected chi connectivity index (χ0v) is 9.11. The van der Waals surface area contributed by atoms with Crippen molar-refractivity contribution in [1.82, 2.24) is 4.98 Å². The first-order valence-electron chi connectivity index (χ1n) is 4.89. The van der Waals surface area contributed by atoms with E-state index in [-0.39, 0.29) is 24.5 Å². The summed E-state index contributed by atoms with van der Waals surface area (Å²) in [6.07, 6.45) is -2.92. The third kappa shape index (κ3) is 2.88. The molecular weight excluding hydrogens is 234 g/mol. The Kier molecular flexibility index (Phi) is 4.33. The molecule has 0 aliphatic rings. The Labute approximate surface area is 96.2 Å². The number of aromatic nitrogens is 1. The molecule has 0 bridgehead atoms. The van der Waals surface area contributed by atoms with Crippen molar-refractivity contribution in [2.24, 2.45) is 5.73 Å². The molecule has 94 valence electrons. The van der Waals surface area contributed by atoms with Gasteiger partial charge in [0.25, 0.3) is 6.43 Å². The predicted octanol–water partition coefficient (Wildman–Crippen LogP) is 1.36. The second kappa shape index (κ2) is 5.53. The Balaban J connectivity index is 3.25. The summed E-state index contributed by atoms with van der Waals surface area (Å²) in [5.41, 5.74) is 4.11. The van der Waals surface area contributed by atoms with Crippen LogP contribution in [0.25, 0.3) is 0 Å². The van der Waals surface area contributed by atoms with E-state index in [1.807, 2.05) is 0 Å². The average molecular weight is 246 g/mol. The smallest absolute Gasteiger partial charge is 0.356 e. The van der Waals surface area contributed by atoms with Gasteiger partial charge in [0.15, 0.2) is 0 Å². The molecule has 0 aliphatic carbocycles. The van der Waals surface area contributed by atoms with Gasteiger partial charge in [0.05, 0.1) is 17.9 Å². The standard InChI is InChI=1S/C10H12F2N2O3/c1-2-17-10(16)6-3-5(9(11)12)8(15)7(4-13)14-6/h3,9,15H,2,4,13H2,1H3. The number of pyridine rings is 1. The summed E-state index contributed by atoms with van der Waals surface area (Å²) in [4.78, 5) is 15.0. The number of nitrogens with two attached hydrogens (primary N) is 1. The number of carbonyl (C=O) groups is 1. The Morgan fingerprint density at radius 2 is 2.29 bits per heavy atom. The quantitative estimate of drug-likeness (QED) is 0.783. The molecule has 0 atom stereocenters. The topological polar surface area (TPSA) is 85.4 Å². The second-order valence-electron chi connectivity index (χ2n) is 3.12. The van der Waals surface area contributed by atoms with E-state index in [1.54, 1.807) is 6.92 Å². The fraction of sp³-hybridized carbons (Fsp3) is 0.400. The van der Waals surface area contributed by atoms with Crippen LogP contribution in [0.3, 0.4) is 0 Å². The Morgan fingerprint density at radius 1 is 1.65 bits per heavy atom. The summed E-state index contributed by atoms with van der Waals surface area (Å²) in [5, 5.41) is 9.42. The highest BCUT2D eigenvalue weighted by Crippen LogP contribution is 2.30. The lowest BCUT2D eigenvalue weighted by Gasteiger charge is -2.09. The summed E-state index contributed by atoms with van der Waals surface area (Å²) >= 11 is 0. The van der Waals surface area contributed by atoms with Crippen LogP contribution in [0, 0.1) is 0 Å². The molecule has 0 aliphatic heterocycles. The van der Waals surface area contributed by atoms with Gasteiger partial charge in [0.1, 0.15) is 11.4 Å². The number of alkyl halides is 2. The highest BCUT2D eigenvalue weighted by atomic mass is 19.3. The fourth-order valence-corrected chi connectivity index (χ4v) is 1.23. The van der Waals surface area contributed by atoms with Crippen LogP contribution in [0.5, 0.6) is 5.75 Å². The SMILES string of the molecule is CCOC(=O)c1cc(C(F)F)c(O)c(CN)n1. The number of halogens is 2. The first-order valence-corrected chi connectivity index (χ1v) is 4.89. The van der Waals surface area contributed by atoms with Gasteiger partial charge in [-0.05, 0) is 13.0 Å². The molecule has 7 heteroatoms. The monoisotopic (exact) mass is 246 g/mol. The van der Waals surface area contributed by atoms with Crippen LogP contribution in [-0.2, 0) is 11.3 Å². The van der Waals surface area contributed by atoms with Crippen LogP contribution < -0.4 is 5.73 Å². The third-order valence-corrected chi connectivity index (χ3v) is 2.01. The number of aromatic hydroxyl groups is 1. The van der Waals surface area contributed by atoms with E-state index in [0.717, 1.165) is 6.07 Å². The van der Waals surface area contributed by atoms with Crippen molar-refractivity contribution in [3.63, 3.8) is 0 Å². The summed E-state index contributed by atoms with van der Waals surface area (Å²) in [5.74, 6) is -1.51. The van der Waals surface area contributed by atoms with Crippen molar-refractivity contribution in [2.75, 3.05) is 6.61 Å². The maximum Gasteiger partial charge on any atom is 0.356 e. The van der Waals surface area contributed by atoms with Crippen LogP contribution in [-0.4, -0.2) is 22.7 Å². The van der Waals surface area contributed by atoms with E-state index in [9.17, 15) is 18.7 Å². The van der Waals surface area contributed by atoms with Gasteiger partial charge in [0.2, 0.25) is 0 Å². The van der Waals surface area contributed by atoms with Gasteiger partial charge in [-0.15, -0.1) is 0 Å². The summed E-state index contributed by atoms with van der Waals surface area (Å²) in [7, 11) is 0. The van der Waals surface area contributed by atoms with Gasteiger partial charge in [-0.2, -0.15) is 0 Å². The Bertz CT molecular complexity index is 424. The van der Waals surface area contributed by atoms with Gasteiger partial charge in [-0.3, -0.25) is 0 Å². The van der Waals surface area contributed by atoms with E-state index < -0.39 is 23.7 Å². The van der Waals surface area contributed by atoms with E-state index >= 15 is 0 Å². The predicted molar refractivity (Wildman–Crippen MR) is 54.7 cm³/mol. The number of hydrogen-bond donors (Lipinski definition) is 2. The number of hydrogen-bond acceptors (Lipinski definition) is 5. The fourth-order valence-electron chi connectivity index (χ4n) is 1.23. The van der Waals surface area contributed by atoms with Crippen molar-refractivity contribution in [3.05, 3.63) is 23.0 Å². The molecule has 0 spiro atoms. The lowest BCUT2D eigenvalue weighted by molar-refractivity contribution is 0.0518. The van der Waals surface area contributed by atoms with E-state index in [1.165, 1.54) is 0 Å². The normalized spacial score (nSPS) is 10.6. The van der Waals surface area contributed by atoms with Crippen molar-refractivity contribution >= 4 is 5.97 Å². The van der Waals surface area contributed by atoms with E-state index in [2.05, 4.69) is 9.72 Å². The van der Waals surface area contributed by atoms with Crippen LogP contribution in [0.15, 0.2) is 6.07 Å². The molecule has 1 aromatic heterocycles. The zero-order valence-electron chi connectivity index (χ0n) is 9.11. The Morgan fingerprint density at radius 3 is 2.76 bits per heavy atom. The van der Waals surface area contributed by atoms with E-state index in [0.29, 0.717) is 0 Å². The van der Waals surface area contributed by atoms with Crippen molar-refractivity contribution in [2.45, 2.75) is 19.9 Å². The first-order chi connectivity index (χ1) is 8.01. The molecule has 1 rings (SSSR count). The van der Waals surface area contributed by atoms with Crippen LogP contribution >= 0.6 is 0 Å². The molecule has 0 aromatic carbocycles. The highest BCUT2D eigenvalue weighted by molar-refractivity contribution is 5.87. The lowest BCUT2D eigenvalue weighted by atomic mass is 10.1. The number of esters is 1. The van der Waals surface area contributed by atoms with Gasteiger partial charge in [0, 0.05) is 6.54 Å². The minimum Gasteiger partial charge on any atom is -0.505 e. The first kappa shape index (κ1) is 13.3. The number of carbonyl (C=O) groups excluding carboxylic acids is 1. The second-order valence-corrected chi connectivity index (χ2v) is 3.12. The van der Waals surface area contributed by atoms with Crippen molar-refractivity contribution in [1.29, 1.82) is 0 Å². The number of nitrogens with zero attached hydrogens (tertiary/aromatic N) is 1. The summed E-state index contributed by atoms with van der Waals surface area (Å²) < 4.78 is 29.8. The van der Waals surface area contributed by atoms with Crippen LogP contribution in [0.2, 0.25) is 0 Å².